The number of likely N-dealkylation sites (N-methyl/N-ethyl adjacent to an activating group) is 1. The van der Waals surface area contributed by atoms with Crippen LogP contribution in [0.5, 0.6) is 0 Å². The summed E-state index contributed by atoms with van der Waals surface area (Å²) in [5.41, 5.74) is -0.603. The summed E-state index contributed by atoms with van der Waals surface area (Å²) in [5.74, 6) is 0.808. The van der Waals surface area contributed by atoms with E-state index in [1.807, 2.05) is 7.05 Å². The van der Waals surface area contributed by atoms with Gasteiger partial charge < -0.3 is 10.0 Å². The van der Waals surface area contributed by atoms with Crippen molar-refractivity contribution < 1.29 is 9.90 Å². The Bertz CT molecular complexity index is 289. The van der Waals surface area contributed by atoms with Crippen LogP contribution in [0.1, 0.15) is 70.6 Å². The highest BCUT2D eigenvalue weighted by atomic mass is 16.3. The minimum absolute atomic E-state index is 0.229. The predicted molar refractivity (Wildman–Crippen MR) is 76.9 cm³/mol. The maximum atomic E-state index is 12.3. The molecule has 0 unspecified atom stereocenters. The molecule has 0 aromatic rings. The molecular formula is C16H29NO2. The summed E-state index contributed by atoms with van der Waals surface area (Å²) in [4.78, 5) is 14.0. The van der Waals surface area contributed by atoms with Crippen molar-refractivity contribution in [1.29, 1.82) is 0 Å². The maximum Gasteiger partial charge on any atom is 0.222 e. The summed E-state index contributed by atoms with van der Waals surface area (Å²) in [5, 5.41) is 10.4. The van der Waals surface area contributed by atoms with Crippen LogP contribution >= 0.6 is 0 Å². The van der Waals surface area contributed by atoms with Crippen molar-refractivity contribution in [2.75, 3.05) is 13.6 Å². The van der Waals surface area contributed by atoms with Crippen molar-refractivity contribution in [2.24, 2.45) is 5.92 Å². The Morgan fingerprint density at radius 1 is 1.11 bits per heavy atom. The third-order valence-corrected chi connectivity index (χ3v) is 4.93. The van der Waals surface area contributed by atoms with Crippen molar-refractivity contribution in [2.45, 2.75) is 76.2 Å². The number of hydrogen-bond acceptors (Lipinski definition) is 2. The fraction of sp³-hybridized carbons (Fsp3) is 0.938. The smallest absolute Gasteiger partial charge is 0.222 e. The summed E-state index contributed by atoms with van der Waals surface area (Å²) >= 11 is 0. The fourth-order valence-electron chi connectivity index (χ4n) is 3.69. The zero-order chi connectivity index (χ0) is 13.7. The largest absolute Gasteiger partial charge is 0.388 e. The van der Waals surface area contributed by atoms with E-state index in [1.165, 1.54) is 38.5 Å². The van der Waals surface area contributed by atoms with Crippen LogP contribution in [0.25, 0.3) is 0 Å². The third kappa shape index (κ3) is 4.48. The van der Waals surface area contributed by atoms with E-state index >= 15 is 0 Å². The molecule has 0 aromatic carbocycles. The van der Waals surface area contributed by atoms with Crippen molar-refractivity contribution in [3.8, 4) is 0 Å². The quantitative estimate of drug-likeness (QED) is 0.795. The van der Waals surface area contributed by atoms with Crippen LogP contribution in [-0.2, 0) is 4.79 Å². The zero-order valence-electron chi connectivity index (χ0n) is 12.4. The van der Waals surface area contributed by atoms with E-state index in [9.17, 15) is 9.90 Å². The highest BCUT2D eigenvalue weighted by Crippen LogP contribution is 2.31. The number of amides is 1. The molecule has 0 heterocycles. The molecule has 2 saturated carbocycles. The molecular weight excluding hydrogens is 238 g/mol. The first kappa shape index (κ1) is 14.8. The summed E-state index contributed by atoms with van der Waals surface area (Å²) in [7, 11) is 1.86. The Balaban J connectivity index is 1.78. The van der Waals surface area contributed by atoms with Crippen molar-refractivity contribution in [1.82, 2.24) is 4.90 Å². The van der Waals surface area contributed by atoms with Gasteiger partial charge in [0.15, 0.2) is 0 Å². The molecule has 1 N–H and O–H groups in total. The second-order valence-corrected chi connectivity index (χ2v) is 6.74. The Hall–Kier alpha value is -0.570. The van der Waals surface area contributed by atoms with E-state index in [-0.39, 0.29) is 5.91 Å². The summed E-state index contributed by atoms with van der Waals surface area (Å²) in [6, 6.07) is 0. The topological polar surface area (TPSA) is 40.5 Å². The van der Waals surface area contributed by atoms with E-state index in [0.717, 1.165) is 25.7 Å². The molecule has 2 fully saturated rings. The van der Waals surface area contributed by atoms with Crippen molar-refractivity contribution in [3.63, 3.8) is 0 Å². The van der Waals surface area contributed by atoms with E-state index in [0.29, 0.717) is 18.9 Å². The first-order valence-corrected chi connectivity index (χ1v) is 8.05. The molecule has 0 spiro atoms. The lowest BCUT2D eigenvalue weighted by Gasteiger charge is -2.29. The Labute approximate surface area is 117 Å². The van der Waals surface area contributed by atoms with Gasteiger partial charge in [-0.3, -0.25) is 4.79 Å². The number of hydrogen-bond donors (Lipinski definition) is 1. The Kier molecular flexibility index (Phi) is 5.26. The van der Waals surface area contributed by atoms with Gasteiger partial charge in [0, 0.05) is 20.0 Å². The molecule has 1 amide bonds. The molecule has 2 rings (SSSR count). The van der Waals surface area contributed by atoms with Crippen LogP contribution in [0.4, 0.5) is 0 Å². The van der Waals surface area contributed by atoms with Gasteiger partial charge in [-0.1, -0.05) is 38.5 Å². The van der Waals surface area contributed by atoms with Crippen LogP contribution in [0, 0.1) is 5.92 Å². The van der Waals surface area contributed by atoms with Gasteiger partial charge in [-0.05, 0) is 31.6 Å². The lowest BCUT2D eigenvalue weighted by molar-refractivity contribution is -0.134. The molecule has 19 heavy (non-hydrogen) atoms. The molecule has 3 nitrogen and oxygen atoms in total. The van der Waals surface area contributed by atoms with Gasteiger partial charge in [0.05, 0.1) is 5.60 Å². The third-order valence-electron chi connectivity index (χ3n) is 4.93. The fourth-order valence-corrected chi connectivity index (χ4v) is 3.69. The molecule has 0 radical (unpaired) electrons. The average Bonchev–Trinajstić information content (AvgIpc) is 2.64. The molecule has 2 aliphatic rings. The summed E-state index contributed by atoms with van der Waals surface area (Å²) in [6.45, 7) is 0.526. The number of nitrogens with zero attached hydrogens (tertiary/aromatic N) is 1. The molecule has 0 aliphatic heterocycles. The Morgan fingerprint density at radius 2 is 1.68 bits per heavy atom. The monoisotopic (exact) mass is 267 g/mol. The number of rotatable bonds is 4. The van der Waals surface area contributed by atoms with Crippen LogP contribution in [0.15, 0.2) is 0 Å². The standard InChI is InChI=1S/C16H29NO2/c1-17(13-16(19)10-6-7-11-16)15(18)12-14-8-4-2-3-5-9-14/h14,19H,2-13H2,1H3. The van der Waals surface area contributed by atoms with E-state index in [1.54, 1.807) is 4.90 Å². The van der Waals surface area contributed by atoms with Gasteiger partial charge in [-0.25, -0.2) is 0 Å². The van der Waals surface area contributed by atoms with Crippen LogP contribution in [0.3, 0.4) is 0 Å². The molecule has 3 heteroatoms. The SMILES string of the molecule is CN(CC1(O)CCCC1)C(=O)CC1CCCCCC1. The normalized spacial score (nSPS) is 24.1. The van der Waals surface area contributed by atoms with Crippen molar-refractivity contribution >= 4 is 5.91 Å². The van der Waals surface area contributed by atoms with E-state index < -0.39 is 5.60 Å². The minimum atomic E-state index is -0.603. The van der Waals surface area contributed by atoms with Gasteiger partial charge in [0.1, 0.15) is 0 Å². The maximum absolute atomic E-state index is 12.3. The molecule has 0 saturated heterocycles. The first-order chi connectivity index (χ1) is 9.09. The second-order valence-electron chi connectivity index (χ2n) is 6.74. The lowest BCUT2D eigenvalue weighted by atomic mass is 9.95. The molecule has 110 valence electrons. The van der Waals surface area contributed by atoms with E-state index in [2.05, 4.69) is 0 Å². The van der Waals surface area contributed by atoms with Gasteiger partial charge >= 0.3 is 0 Å². The van der Waals surface area contributed by atoms with Crippen LogP contribution in [-0.4, -0.2) is 35.1 Å². The van der Waals surface area contributed by atoms with E-state index in [4.69, 9.17) is 0 Å². The van der Waals surface area contributed by atoms with Gasteiger partial charge in [-0.15, -0.1) is 0 Å². The van der Waals surface area contributed by atoms with Crippen LogP contribution < -0.4 is 0 Å². The second kappa shape index (κ2) is 6.74. The highest BCUT2D eigenvalue weighted by Gasteiger charge is 2.33. The average molecular weight is 267 g/mol. The van der Waals surface area contributed by atoms with Gasteiger partial charge in [0.25, 0.3) is 0 Å². The molecule has 0 aromatic heterocycles. The lowest BCUT2D eigenvalue weighted by Crippen LogP contribution is -2.42. The zero-order valence-corrected chi connectivity index (χ0v) is 12.4. The van der Waals surface area contributed by atoms with Crippen molar-refractivity contribution in [3.05, 3.63) is 0 Å². The predicted octanol–water partition coefficient (Wildman–Crippen LogP) is 3.11. The Morgan fingerprint density at radius 3 is 2.26 bits per heavy atom. The summed E-state index contributed by atoms with van der Waals surface area (Å²) < 4.78 is 0. The highest BCUT2D eigenvalue weighted by molar-refractivity contribution is 5.76. The number of aliphatic hydroxyl groups is 1. The van der Waals surface area contributed by atoms with Crippen LogP contribution in [0.2, 0.25) is 0 Å². The first-order valence-electron chi connectivity index (χ1n) is 8.05. The molecule has 0 atom stereocenters. The van der Waals surface area contributed by atoms with Gasteiger partial charge in [-0.2, -0.15) is 0 Å². The number of carbonyl (C=O) groups excluding carboxylic acids is 1. The summed E-state index contributed by atoms with van der Waals surface area (Å²) in [6.07, 6.45) is 12.3. The molecule has 2 aliphatic carbocycles. The van der Waals surface area contributed by atoms with Gasteiger partial charge in [0.2, 0.25) is 5.91 Å². The minimum Gasteiger partial charge on any atom is -0.388 e. The number of carbonyl (C=O) groups is 1. The molecule has 0 bridgehead atoms.